The molecule has 3 heterocycles. The minimum Gasteiger partial charge on any atom is -0.309 e. The maximum Gasteiger partial charge on any atom is 0.0721 e. The second kappa shape index (κ2) is 13.8. The van der Waals surface area contributed by atoms with Crippen molar-refractivity contribution in [3.63, 3.8) is 0 Å². The molecule has 0 amide bonds. The fraction of sp³-hybridized carbons (Fsp3) is 0. The molecule has 0 fully saturated rings. The number of para-hydroxylation sites is 3. The first-order chi connectivity index (χ1) is 29.7. The van der Waals surface area contributed by atoms with Crippen molar-refractivity contribution >= 4 is 54.4 Å². The molecule has 0 unspecified atom stereocenters. The van der Waals surface area contributed by atoms with E-state index in [1.807, 2.05) is 0 Å². The van der Waals surface area contributed by atoms with Gasteiger partial charge in [-0.05, 0) is 93.7 Å². The van der Waals surface area contributed by atoms with Gasteiger partial charge in [0.05, 0.1) is 33.5 Å². The van der Waals surface area contributed by atoms with Crippen LogP contribution in [0.25, 0.3) is 111 Å². The van der Waals surface area contributed by atoms with Gasteiger partial charge >= 0.3 is 0 Å². The van der Waals surface area contributed by atoms with Crippen molar-refractivity contribution in [2.75, 3.05) is 0 Å². The van der Waals surface area contributed by atoms with E-state index in [0.717, 1.165) is 39.3 Å². The molecule has 280 valence electrons. The van der Waals surface area contributed by atoms with Crippen molar-refractivity contribution in [1.29, 1.82) is 0 Å². The Morgan fingerprint density at radius 2 is 0.733 bits per heavy atom. The first-order valence-electron chi connectivity index (χ1n) is 20.5. The molecular weight excluding hydrogens is 727 g/mol. The van der Waals surface area contributed by atoms with Crippen LogP contribution in [0.1, 0.15) is 0 Å². The normalized spacial score (nSPS) is 11.7. The van der Waals surface area contributed by atoms with Crippen LogP contribution < -0.4 is 0 Å². The molecule has 12 rings (SSSR count). The van der Waals surface area contributed by atoms with Gasteiger partial charge in [-0.2, -0.15) is 0 Å². The number of pyridine rings is 1. The largest absolute Gasteiger partial charge is 0.309 e. The molecule has 0 aliphatic rings. The molecule has 60 heavy (non-hydrogen) atoms. The monoisotopic (exact) mass is 763 g/mol. The number of nitrogens with zero attached hydrogens (tertiary/aromatic N) is 3. The van der Waals surface area contributed by atoms with Crippen LogP contribution in [0.2, 0.25) is 0 Å². The SMILES string of the molecule is c1ccc(-c2cc(-c3ccc(-c4ccc(-n5c6ccccc6c6cc7c(cc65)c5ccccc5n7-c5ccccc5)cc4)cc3)cc(-c3cccc4ccccc34)n2)cc1. The van der Waals surface area contributed by atoms with E-state index >= 15 is 0 Å². The number of hydrogen-bond donors (Lipinski definition) is 0. The average Bonchev–Trinajstić information content (AvgIpc) is 3.83. The molecule has 0 N–H and O–H groups in total. The van der Waals surface area contributed by atoms with Gasteiger partial charge in [0.25, 0.3) is 0 Å². The van der Waals surface area contributed by atoms with Crippen LogP contribution in [-0.4, -0.2) is 14.1 Å². The van der Waals surface area contributed by atoms with E-state index in [-0.39, 0.29) is 0 Å². The predicted octanol–water partition coefficient (Wildman–Crippen LogP) is 15.1. The van der Waals surface area contributed by atoms with Gasteiger partial charge < -0.3 is 9.13 Å². The third-order valence-corrected chi connectivity index (χ3v) is 12.1. The third kappa shape index (κ3) is 5.55. The molecule has 0 aliphatic heterocycles. The van der Waals surface area contributed by atoms with Crippen LogP contribution in [-0.2, 0) is 0 Å². The van der Waals surface area contributed by atoms with E-state index in [0.29, 0.717) is 0 Å². The Hall–Kier alpha value is -8.01. The zero-order chi connectivity index (χ0) is 39.6. The predicted molar refractivity (Wildman–Crippen MR) is 252 cm³/mol. The molecule has 3 aromatic heterocycles. The Balaban J connectivity index is 0.936. The Labute approximate surface area is 347 Å². The highest BCUT2D eigenvalue weighted by Gasteiger charge is 2.19. The fourth-order valence-corrected chi connectivity index (χ4v) is 9.26. The maximum atomic E-state index is 5.22. The summed E-state index contributed by atoms with van der Waals surface area (Å²) in [7, 11) is 0. The van der Waals surface area contributed by atoms with Gasteiger partial charge in [-0.3, -0.25) is 0 Å². The molecule has 12 aromatic rings. The third-order valence-electron chi connectivity index (χ3n) is 12.1. The standard InChI is InChI=1S/C57H37N3/c1-3-15-42(16-4-1)52-34-43(35-53(58-52)47-23-13-17-41-14-7-8-20-46(41)47)40-28-26-38(27-29-40)39-30-32-45(33-31-39)60-55-25-12-10-22-49(55)51-36-56-50(37-57(51)60)48-21-9-11-24-54(48)59(56)44-18-5-2-6-19-44/h1-37H. The Kier molecular flexibility index (Phi) is 7.85. The molecule has 0 spiro atoms. The van der Waals surface area contributed by atoms with Crippen molar-refractivity contribution in [3.05, 3.63) is 224 Å². The van der Waals surface area contributed by atoms with Crippen LogP contribution in [0, 0.1) is 0 Å². The summed E-state index contributed by atoms with van der Waals surface area (Å²) in [4.78, 5) is 5.22. The Bertz CT molecular complexity index is 3550. The fourth-order valence-electron chi connectivity index (χ4n) is 9.26. The lowest BCUT2D eigenvalue weighted by atomic mass is 9.96. The van der Waals surface area contributed by atoms with Crippen molar-refractivity contribution in [3.8, 4) is 56.1 Å². The number of hydrogen-bond acceptors (Lipinski definition) is 1. The second-order valence-electron chi connectivity index (χ2n) is 15.6. The average molecular weight is 764 g/mol. The van der Waals surface area contributed by atoms with Gasteiger partial charge in [-0.15, -0.1) is 0 Å². The van der Waals surface area contributed by atoms with Gasteiger partial charge in [0.15, 0.2) is 0 Å². The first-order valence-corrected chi connectivity index (χ1v) is 20.5. The highest BCUT2D eigenvalue weighted by molar-refractivity contribution is 6.19. The summed E-state index contributed by atoms with van der Waals surface area (Å²) >= 11 is 0. The molecule has 0 radical (unpaired) electrons. The second-order valence-corrected chi connectivity index (χ2v) is 15.6. The summed E-state index contributed by atoms with van der Waals surface area (Å²) in [6.45, 7) is 0. The number of aromatic nitrogens is 3. The summed E-state index contributed by atoms with van der Waals surface area (Å²) < 4.78 is 4.82. The molecule has 9 aromatic carbocycles. The van der Waals surface area contributed by atoms with E-state index in [1.165, 1.54) is 71.2 Å². The summed E-state index contributed by atoms with van der Waals surface area (Å²) in [5.74, 6) is 0. The Morgan fingerprint density at radius 1 is 0.267 bits per heavy atom. The van der Waals surface area contributed by atoms with Gasteiger partial charge in [0, 0.05) is 44.0 Å². The quantitative estimate of drug-likeness (QED) is 0.165. The van der Waals surface area contributed by atoms with Crippen LogP contribution in [0.15, 0.2) is 224 Å². The zero-order valence-corrected chi connectivity index (χ0v) is 32.7. The molecular formula is C57H37N3. The van der Waals surface area contributed by atoms with E-state index in [9.17, 15) is 0 Å². The van der Waals surface area contributed by atoms with Gasteiger partial charge in [-0.25, -0.2) is 4.98 Å². The van der Waals surface area contributed by atoms with E-state index in [1.54, 1.807) is 0 Å². The van der Waals surface area contributed by atoms with Crippen molar-refractivity contribution in [2.24, 2.45) is 0 Å². The van der Waals surface area contributed by atoms with E-state index < -0.39 is 0 Å². The summed E-state index contributed by atoms with van der Waals surface area (Å²) in [6, 6.07) is 81.0. The maximum absolute atomic E-state index is 5.22. The zero-order valence-electron chi connectivity index (χ0n) is 32.7. The van der Waals surface area contributed by atoms with E-state index in [2.05, 4.69) is 234 Å². The summed E-state index contributed by atoms with van der Waals surface area (Å²) in [5.41, 5.74) is 15.9. The molecule has 0 bridgehead atoms. The summed E-state index contributed by atoms with van der Waals surface area (Å²) in [5, 5.41) is 7.40. The topological polar surface area (TPSA) is 22.8 Å². The lowest BCUT2D eigenvalue weighted by Crippen LogP contribution is -1.94. The van der Waals surface area contributed by atoms with Crippen LogP contribution in [0.3, 0.4) is 0 Å². The van der Waals surface area contributed by atoms with Gasteiger partial charge in [0.1, 0.15) is 0 Å². The number of fused-ring (bicyclic) bond motifs is 7. The highest BCUT2D eigenvalue weighted by atomic mass is 15.0. The van der Waals surface area contributed by atoms with Crippen LogP contribution in [0.5, 0.6) is 0 Å². The molecule has 3 heteroatoms. The number of rotatable bonds is 6. The van der Waals surface area contributed by atoms with E-state index in [4.69, 9.17) is 4.98 Å². The molecule has 0 saturated carbocycles. The summed E-state index contributed by atoms with van der Waals surface area (Å²) in [6.07, 6.45) is 0. The molecule has 0 saturated heterocycles. The van der Waals surface area contributed by atoms with Crippen molar-refractivity contribution < 1.29 is 0 Å². The first kappa shape index (κ1) is 34.1. The lowest BCUT2D eigenvalue weighted by molar-refractivity contribution is 1.17. The smallest absolute Gasteiger partial charge is 0.0721 e. The van der Waals surface area contributed by atoms with Crippen molar-refractivity contribution in [2.45, 2.75) is 0 Å². The lowest BCUT2D eigenvalue weighted by Gasteiger charge is -2.13. The highest BCUT2D eigenvalue weighted by Crippen LogP contribution is 2.40. The van der Waals surface area contributed by atoms with Gasteiger partial charge in [0.2, 0.25) is 0 Å². The molecule has 0 aliphatic carbocycles. The number of benzene rings is 9. The molecule has 3 nitrogen and oxygen atoms in total. The van der Waals surface area contributed by atoms with Crippen molar-refractivity contribution in [1.82, 2.24) is 14.1 Å². The van der Waals surface area contributed by atoms with Gasteiger partial charge in [-0.1, -0.05) is 164 Å². The van der Waals surface area contributed by atoms with Crippen LogP contribution >= 0.6 is 0 Å². The molecule has 0 atom stereocenters. The Morgan fingerprint density at radius 3 is 1.37 bits per heavy atom. The van der Waals surface area contributed by atoms with Crippen LogP contribution in [0.4, 0.5) is 0 Å². The minimum absolute atomic E-state index is 0.962. The minimum atomic E-state index is 0.962.